The van der Waals surface area contributed by atoms with Crippen molar-refractivity contribution in [3.63, 3.8) is 0 Å². The number of carbonyl (C=O) groups excluding carboxylic acids is 1. The van der Waals surface area contributed by atoms with E-state index in [-0.39, 0.29) is 23.1 Å². The van der Waals surface area contributed by atoms with Crippen LogP contribution in [0.3, 0.4) is 0 Å². The second-order valence-corrected chi connectivity index (χ2v) is 9.31. The van der Waals surface area contributed by atoms with Crippen molar-refractivity contribution in [2.45, 2.75) is 43.6 Å². The number of morpholine rings is 1. The average molecular weight is 513 g/mol. The Labute approximate surface area is 204 Å². The molecule has 1 N–H and O–H groups in total. The summed E-state index contributed by atoms with van der Waals surface area (Å²) in [4.78, 5) is 31.9. The molecule has 190 valence electrons. The Morgan fingerprint density at radius 2 is 1.83 bits per heavy atom. The van der Waals surface area contributed by atoms with E-state index in [2.05, 4.69) is 19.9 Å². The molecule has 2 aliphatic rings. The van der Waals surface area contributed by atoms with E-state index in [9.17, 15) is 22.8 Å². The molecule has 0 atom stereocenters. The maximum atomic E-state index is 12.9. The zero-order valence-corrected chi connectivity index (χ0v) is 19.9. The zero-order valence-electron chi connectivity index (χ0n) is 19.1. The van der Waals surface area contributed by atoms with E-state index in [0.717, 1.165) is 68.7 Å². The largest absolute Gasteiger partial charge is 0.573 e. The molecule has 1 aliphatic heterocycles. The van der Waals surface area contributed by atoms with Gasteiger partial charge >= 0.3 is 12.1 Å². The highest BCUT2D eigenvalue weighted by atomic mass is 32.2. The summed E-state index contributed by atoms with van der Waals surface area (Å²) in [5.74, 6) is -0.686. The van der Waals surface area contributed by atoms with Gasteiger partial charge in [0, 0.05) is 43.1 Å². The van der Waals surface area contributed by atoms with Gasteiger partial charge < -0.3 is 14.8 Å². The molecule has 1 fully saturated rings. The molecular formula is C23H27F3N4O4S. The first-order chi connectivity index (χ1) is 16.8. The molecule has 1 amide bonds. The predicted molar refractivity (Wildman–Crippen MR) is 125 cm³/mol. The molecule has 1 aromatic carbocycles. The van der Waals surface area contributed by atoms with Gasteiger partial charge in [0.05, 0.1) is 19.0 Å². The minimum atomic E-state index is -4.77. The topological polar surface area (TPSA) is 85.7 Å². The first kappa shape index (κ1) is 25.5. The number of hydrogen-bond donors (Lipinski definition) is 1. The van der Waals surface area contributed by atoms with Crippen LogP contribution in [-0.4, -0.2) is 65.3 Å². The van der Waals surface area contributed by atoms with Crippen LogP contribution in [0.15, 0.2) is 34.1 Å². The van der Waals surface area contributed by atoms with Gasteiger partial charge in [-0.25, -0.2) is 4.79 Å². The van der Waals surface area contributed by atoms with Gasteiger partial charge in [-0.2, -0.15) is 4.98 Å². The number of ether oxygens (including phenoxy) is 2. The molecule has 2 heterocycles. The summed E-state index contributed by atoms with van der Waals surface area (Å²) in [6.07, 6.45) is -1.15. The Balaban J connectivity index is 1.38. The smallest absolute Gasteiger partial charge is 0.406 e. The molecule has 1 aliphatic carbocycles. The Kier molecular flexibility index (Phi) is 8.34. The number of rotatable bonds is 8. The third-order valence-corrected chi connectivity index (χ3v) is 6.92. The van der Waals surface area contributed by atoms with Gasteiger partial charge in [0.15, 0.2) is 0 Å². The van der Waals surface area contributed by atoms with Crippen LogP contribution in [0.25, 0.3) is 0 Å². The fraction of sp³-hybridized carbons (Fsp3) is 0.522. The molecule has 1 aromatic heterocycles. The highest BCUT2D eigenvalue weighted by Gasteiger charge is 2.31. The van der Waals surface area contributed by atoms with Crippen molar-refractivity contribution in [1.29, 1.82) is 0 Å². The van der Waals surface area contributed by atoms with Crippen LogP contribution in [0.1, 0.15) is 24.1 Å². The second-order valence-electron chi connectivity index (χ2n) is 8.35. The normalized spacial score (nSPS) is 16.5. The number of fused-ring (bicyclic) bond motifs is 1. The van der Waals surface area contributed by atoms with E-state index in [1.807, 2.05) is 0 Å². The number of amides is 1. The Morgan fingerprint density at radius 3 is 2.54 bits per heavy atom. The molecule has 1 saturated heterocycles. The summed E-state index contributed by atoms with van der Waals surface area (Å²) < 4.78 is 47.8. The number of thioether (sulfide) groups is 1. The van der Waals surface area contributed by atoms with Crippen molar-refractivity contribution in [1.82, 2.24) is 14.5 Å². The summed E-state index contributed by atoms with van der Waals surface area (Å²) in [5, 5.41) is 3.22. The van der Waals surface area contributed by atoms with Crippen molar-refractivity contribution in [3.8, 4) is 5.75 Å². The summed E-state index contributed by atoms with van der Waals surface area (Å²) in [6.45, 7) is 4.45. The average Bonchev–Trinajstić information content (AvgIpc) is 2.83. The molecule has 8 nitrogen and oxygen atoms in total. The Hall–Kier alpha value is -2.57. The lowest BCUT2D eigenvalue weighted by Gasteiger charge is -2.28. The minimum Gasteiger partial charge on any atom is -0.406 e. The summed E-state index contributed by atoms with van der Waals surface area (Å²) in [6, 6.07) is 4.92. The van der Waals surface area contributed by atoms with Crippen molar-refractivity contribution in [2.75, 3.05) is 43.9 Å². The maximum absolute atomic E-state index is 12.9. The van der Waals surface area contributed by atoms with E-state index in [1.54, 1.807) is 4.57 Å². The molecule has 0 saturated carbocycles. The molecule has 12 heteroatoms. The quantitative estimate of drug-likeness (QED) is 0.430. The van der Waals surface area contributed by atoms with Crippen LogP contribution in [0.4, 0.5) is 18.9 Å². The SMILES string of the molecule is O=C(CSc1nc(=O)n(CCN2CCOCC2)c2c1CCCC2)Nc1ccc(OC(F)(F)F)cc1. The monoisotopic (exact) mass is 512 g/mol. The van der Waals surface area contributed by atoms with Gasteiger partial charge in [0.25, 0.3) is 0 Å². The van der Waals surface area contributed by atoms with Gasteiger partial charge in [0.1, 0.15) is 10.8 Å². The fourth-order valence-corrected chi connectivity index (χ4v) is 5.11. The highest BCUT2D eigenvalue weighted by Crippen LogP contribution is 2.29. The second kappa shape index (κ2) is 11.4. The number of benzene rings is 1. The van der Waals surface area contributed by atoms with Crippen LogP contribution < -0.4 is 15.7 Å². The number of halogens is 3. The van der Waals surface area contributed by atoms with E-state index < -0.39 is 6.36 Å². The number of nitrogens with one attached hydrogen (secondary N) is 1. The Morgan fingerprint density at radius 1 is 1.11 bits per heavy atom. The van der Waals surface area contributed by atoms with Crippen molar-refractivity contribution >= 4 is 23.4 Å². The van der Waals surface area contributed by atoms with E-state index in [4.69, 9.17) is 4.74 Å². The van der Waals surface area contributed by atoms with Gasteiger partial charge in [-0.3, -0.25) is 14.3 Å². The number of hydrogen-bond acceptors (Lipinski definition) is 7. The molecule has 4 rings (SSSR count). The zero-order chi connectivity index (χ0) is 24.8. The van der Waals surface area contributed by atoms with Crippen LogP contribution in [0.5, 0.6) is 5.75 Å². The van der Waals surface area contributed by atoms with Gasteiger partial charge in [0.2, 0.25) is 5.91 Å². The third kappa shape index (κ3) is 7.21. The van der Waals surface area contributed by atoms with E-state index in [1.165, 1.54) is 23.9 Å². The first-order valence-corrected chi connectivity index (χ1v) is 12.5. The number of alkyl halides is 3. The van der Waals surface area contributed by atoms with Crippen LogP contribution in [0.2, 0.25) is 0 Å². The Bertz CT molecular complexity index is 1090. The van der Waals surface area contributed by atoms with Crippen molar-refractivity contribution in [2.24, 2.45) is 0 Å². The van der Waals surface area contributed by atoms with E-state index >= 15 is 0 Å². The van der Waals surface area contributed by atoms with Crippen molar-refractivity contribution < 1.29 is 27.4 Å². The molecule has 35 heavy (non-hydrogen) atoms. The maximum Gasteiger partial charge on any atom is 0.573 e. The lowest BCUT2D eigenvalue weighted by atomic mass is 9.97. The lowest BCUT2D eigenvalue weighted by molar-refractivity contribution is -0.274. The predicted octanol–water partition coefficient (Wildman–Crippen LogP) is 3.08. The highest BCUT2D eigenvalue weighted by molar-refractivity contribution is 8.00. The molecule has 0 radical (unpaired) electrons. The van der Waals surface area contributed by atoms with Crippen molar-refractivity contribution in [3.05, 3.63) is 46.0 Å². The molecule has 0 unspecified atom stereocenters. The van der Waals surface area contributed by atoms with Crippen LogP contribution >= 0.6 is 11.8 Å². The number of anilines is 1. The summed E-state index contributed by atoms with van der Waals surface area (Å²) in [5.41, 5.74) is 2.08. The number of carbonyl (C=O) groups is 1. The van der Waals surface area contributed by atoms with Crippen LogP contribution in [0, 0.1) is 0 Å². The van der Waals surface area contributed by atoms with Gasteiger partial charge in [-0.05, 0) is 49.9 Å². The molecule has 0 bridgehead atoms. The minimum absolute atomic E-state index is 0.0253. The van der Waals surface area contributed by atoms with Crippen LogP contribution in [-0.2, 0) is 28.9 Å². The van der Waals surface area contributed by atoms with Gasteiger partial charge in [-0.1, -0.05) is 11.8 Å². The number of aromatic nitrogens is 2. The fourth-order valence-electron chi connectivity index (χ4n) is 4.23. The third-order valence-electron chi connectivity index (χ3n) is 5.91. The first-order valence-electron chi connectivity index (χ1n) is 11.5. The lowest BCUT2D eigenvalue weighted by Crippen LogP contribution is -2.40. The molecule has 2 aromatic rings. The summed E-state index contributed by atoms with van der Waals surface area (Å²) >= 11 is 1.21. The number of nitrogens with zero attached hydrogens (tertiary/aromatic N) is 3. The van der Waals surface area contributed by atoms with Gasteiger partial charge in [-0.15, -0.1) is 13.2 Å². The van der Waals surface area contributed by atoms with E-state index in [0.29, 0.717) is 30.5 Å². The standard InChI is InChI=1S/C23H27F3N4O4S/c24-23(25,26)34-17-7-5-16(6-8-17)27-20(31)15-35-21-18-3-1-2-4-19(18)30(22(32)28-21)10-9-29-11-13-33-14-12-29/h5-8H,1-4,9-15H2,(H,27,31). The molecule has 0 spiro atoms. The summed E-state index contributed by atoms with van der Waals surface area (Å²) in [7, 11) is 0. The molecular weight excluding hydrogens is 485 g/mol.